The molecule has 1 amide bonds. The Hall–Kier alpha value is -2.00. The lowest BCUT2D eigenvalue weighted by atomic mass is 10.2. The second kappa shape index (κ2) is 6.64. The zero-order valence-electron chi connectivity index (χ0n) is 11.2. The fourth-order valence-corrected chi connectivity index (χ4v) is 3.11. The number of halogens is 1. The van der Waals surface area contributed by atoms with Crippen molar-refractivity contribution < 1.29 is 27.5 Å². The molecule has 1 rings (SSSR count). The summed E-state index contributed by atoms with van der Waals surface area (Å²) in [4.78, 5) is 21.3. The summed E-state index contributed by atoms with van der Waals surface area (Å²) in [6.45, 7) is 1.45. The van der Waals surface area contributed by atoms with Crippen LogP contribution in [0.4, 0.5) is 4.39 Å². The minimum Gasteiger partial charge on any atom is -0.480 e. The highest BCUT2D eigenvalue weighted by Gasteiger charge is 2.27. The lowest BCUT2D eigenvalue weighted by Gasteiger charge is -2.15. The monoisotopic (exact) mass is 318 g/mol. The van der Waals surface area contributed by atoms with Crippen LogP contribution >= 0.6 is 0 Å². The molecule has 0 aliphatic heterocycles. The molecule has 0 heterocycles. The van der Waals surface area contributed by atoms with Gasteiger partial charge in [-0.05, 0) is 31.0 Å². The van der Waals surface area contributed by atoms with E-state index in [1.165, 1.54) is 13.0 Å². The first-order chi connectivity index (χ1) is 9.63. The summed E-state index contributed by atoms with van der Waals surface area (Å²) in [7, 11) is -4.23. The molecule has 0 saturated carbocycles. The van der Waals surface area contributed by atoms with E-state index in [1.807, 2.05) is 4.72 Å². The van der Waals surface area contributed by atoms with E-state index in [4.69, 9.17) is 10.8 Å². The Labute approximate surface area is 121 Å². The molecule has 0 unspecified atom stereocenters. The van der Waals surface area contributed by atoms with Gasteiger partial charge in [0.2, 0.25) is 15.9 Å². The average Bonchev–Trinajstić information content (AvgIpc) is 2.36. The number of carboxylic acids is 1. The molecule has 21 heavy (non-hydrogen) atoms. The van der Waals surface area contributed by atoms with E-state index in [9.17, 15) is 22.4 Å². The molecule has 0 spiro atoms. The number of carbonyl (C=O) groups is 2. The molecule has 0 aromatic heterocycles. The Kier molecular flexibility index (Phi) is 5.39. The average molecular weight is 318 g/mol. The van der Waals surface area contributed by atoms with Crippen molar-refractivity contribution in [3.63, 3.8) is 0 Å². The van der Waals surface area contributed by atoms with E-state index < -0.39 is 33.8 Å². The minimum absolute atomic E-state index is 0.267. The molecule has 0 fully saturated rings. The highest BCUT2D eigenvalue weighted by molar-refractivity contribution is 7.89. The number of amides is 1. The van der Waals surface area contributed by atoms with Crippen LogP contribution in [0.5, 0.6) is 0 Å². The first-order valence-electron chi connectivity index (χ1n) is 5.93. The molecule has 116 valence electrons. The van der Waals surface area contributed by atoms with E-state index in [-0.39, 0.29) is 23.3 Å². The molecule has 1 atom stereocenters. The highest BCUT2D eigenvalue weighted by Crippen LogP contribution is 2.17. The number of aliphatic carboxylic acids is 1. The number of primary amides is 1. The van der Waals surface area contributed by atoms with Gasteiger partial charge in [-0.15, -0.1) is 0 Å². The van der Waals surface area contributed by atoms with Crippen LogP contribution in [-0.4, -0.2) is 31.4 Å². The Morgan fingerprint density at radius 2 is 2.05 bits per heavy atom. The number of sulfonamides is 1. The summed E-state index contributed by atoms with van der Waals surface area (Å²) in [6, 6.07) is 1.63. The summed E-state index contributed by atoms with van der Waals surface area (Å²) in [5, 5.41) is 8.97. The third kappa shape index (κ3) is 4.80. The van der Waals surface area contributed by atoms with Gasteiger partial charge in [0.05, 0.1) is 4.90 Å². The van der Waals surface area contributed by atoms with E-state index in [0.29, 0.717) is 0 Å². The van der Waals surface area contributed by atoms with Gasteiger partial charge >= 0.3 is 5.97 Å². The molecule has 0 aliphatic rings. The normalized spacial score (nSPS) is 12.9. The number of hydrogen-bond donors (Lipinski definition) is 3. The smallest absolute Gasteiger partial charge is 0.321 e. The Bertz CT molecular complexity index is 660. The van der Waals surface area contributed by atoms with Crippen LogP contribution in [0.25, 0.3) is 0 Å². The third-order valence-corrected chi connectivity index (χ3v) is 4.33. The predicted octanol–water partition coefficient (Wildman–Crippen LogP) is 0.131. The van der Waals surface area contributed by atoms with Crippen LogP contribution in [0.3, 0.4) is 0 Å². The van der Waals surface area contributed by atoms with Gasteiger partial charge in [0.1, 0.15) is 11.9 Å². The van der Waals surface area contributed by atoms with E-state index in [1.54, 1.807) is 0 Å². The first-order valence-corrected chi connectivity index (χ1v) is 7.41. The lowest BCUT2D eigenvalue weighted by molar-refractivity contribution is -0.139. The molecule has 0 saturated heterocycles. The maximum atomic E-state index is 13.2. The number of benzene rings is 1. The highest BCUT2D eigenvalue weighted by atomic mass is 32.2. The lowest BCUT2D eigenvalue weighted by Crippen LogP contribution is -2.41. The van der Waals surface area contributed by atoms with Crippen LogP contribution in [0.15, 0.2) is 23.1 Å². The van der Waals surface area contributed by atoms with Crippen molar-refractivity contribution in [1.29, 1.82) is 0 Å². The molecule has 1 aromatic carbocycles. The molecular formula is C12H15FN2O5S. The second-order valence-electron chi connectivity index (χ2n) is 4.43. The number of carbonyl (C=O) groups excluding carboxylic acids is 1. The van der Waals surface area contributed by atoms with Crippen LogP contribution in [0.2, 0.25) is 0 Å². The Morgan fingerprint density at radius 3 is 2.57 bits per heavy atom. The fraction of sp³-hybridized carbons (Fsp3) is 0.333. The van der Waals surface area contributed by atoms with Crippen LogP contribution in [-0.2, 0) is 19.6 Å². The van der Waals surface area contributed by atoms with Gasteiger partial charge in [-0.3, -0.25) is 9.59 Å². The van der Waals surface area contributed by atoms with Crippen molar-refractivity contribution in [2.24, 2.45) is 5.73 Å². The molecule has 4 N–H and O–H groups in total. The minimum atomic E-state index is -4.23. The van der Waals surface area contributed by atoms with E-state index in [2.05, 4.69) is 0 Å². The fourth-order valence-electron chi connectivity index (χ4n) is 1.63. The standard InChI is InChI=1S/C12H15FN2O5S/c1-7-2-3-8(13)6-10(7)21(19,20)15-9(12(17)18)4-5-11(14)16/h2-3,6,9,15H,4-5H2,1H3,(H2,14,16)(H,17,18)/t9-/m1/s1. The van der Waals surface area contributed by atoms with E-state index in [0.717, 1.165) is 12.1 Å². The number of nitrogens with two attached hydrogens (primary N) is 1. The van der Waals surface area contributed by atoms with Crippen molar-refractivity contribution >= 4 is 21.9 Å². The molecule has 0 bridgehead atoms. The van der Waals surface area contributed by atoms with Crippen LogP contribution in [0.1, 0.15) is 18.4 Å². The summed E-state index contributed by atoms with van der Waals surface area (Å²) in [5.74, 6) is -2.96. The molecular weight excluding hydrogens is 303 g/mol. The summed E-state index contributed by atoms with van der Waals surface area (Å²) < 4.78 is 39.3. The molecule has 0 aliphatic carbocycles. The topological polar surface area (TPSA) is 127 Å². The maximum Gasteiger partial charge on any atom is 0.321 e. The number of carboxylic acid groups (broad SMARTS) is 1. The SMILES string of the molecule is Cc1ccc(F)cc1S(=O)(=O)N[C@H](CCC(N)=O)C(=O)O. The summed E-state index contributed by atoms with van der Waals surface area (Å²) >= 11 is 0. The third-order valence-electron chi connectivity index (χ3n) is 2.71. The van der Waals surface area contributed by atoms with Crippen LogP contribution in [0, 0.1) is 12.7 Å². The molecule has 9 heteroatoms. The second-order valence-corrected chi connectivity index (χ2v) is 6.11. The summed E-state index contributed by atoms with van der Waals surface area (Å²) in [6.07, 6.45) is -0.583. The molecule has 1 aromatic rings. The molecule has 0 radical (unpaired) electrons. The van der Waals surface area contributed by atoms with Gasteiger partial charge in [-0.25, -0.2) is 12.8 Å². The number of hydrogen-bond acceptors (Lipinski definition) is 4. The van der Waals surface area contributed by atoms with Gasteiger partial charge in [0.15, 0.2) is 0 Å². The first kappa shape index (κ1) is 17.1. The van der Waals surface area contributed by atoms with E-state index >= 15 is 0 Å². The van der Waals surface area contributed by atoms with Gasteiger partial charge in [-0.2, -0.15) is 4.72 Å². The van der Waals surface area contributed by atoms with Gasteiger partial charge in [0.25, 0.3) is 0 Å². The van der Waals surface area contributed by atoms with Crippen molar-refractivity contribution in [2.45, 2.75) is 30.7 Å². The number of nitrogens with one attached hydrogen (secondary N) is 1. The Balaban J connectivity index is 3.03. The molecule has 7 nitrogen and oxygen atoms in total. The number of aryl methyl sites for hydroxylation is 1. The van der Waals surface area contributed by atoms with Gasteiger partial charge in [-0.1, -0.05) is 6.07 Å². The van der Waals surface area contributed by atoms with Crippen molar-refractivity contribution in [2.75, 3.05) is 0 Å². The summed E-state index contributed by atoms with van der Waals surface area (Å²) in [5.41, 5.74) is 5.17. The van der Waals surface area contributed by atoms with Crippen molar-refractivity contribution in [1.82, 2.24) is 4.72 Å². The van der Waals surface area contributed by atoms with Crippen molar-refractivity contribution in [3.05, 3.63) is 29.6 Å². The largest absolute Gasteiger partial charge is 0.480 e. The number of rotatable bonds is 7. The van der Waals surface area contributed by atoms with Gasteiger partial charge in [0, 0.05) is 6.42 Å². The maximum absolute atomic E-state index is 13.2. The zero-order valence-corrected chi connectivity index (χ0v) is 12.0. The zero-order chi connectivity index (χ0) is 16.2. The van der Waals surface area contributed by atoms with Gasteiger partial charge < -0.3 is 10.8 Å². The Morgan fingerprint density at radius 1 is 1.43 bits per heavy atom. The quantitative estimate of drug-likeness (QED) is 0.658. The van der Waals surface area contributed by atoms with Crippen LogP contribution < -0.4 is 10.5 Å². The predicted molar refractivity (Wildman–Crippen MR) is 71.3 cm³/mol. The van der Waals surface area contributed by atoms with Crippen molar-refractivity contribution in [3.8, 4) is 0 Å².